The summed E-state index contributed by atoms with van der Waals surface area (Å²) < 4.78 is 7.39. The Labute approximate surface area is 101 Å². The van der Waals surface area contributed by atoms with Crippen LogP contribution in [0.15, 0.2) is 30.5 Å². The van der Waals surface area contributed by atoms with Crippen molar-refractivity contribution in [3.05, 3.63) is 36.2 Å². The number of nitrogens with zero attached hydrogens (tertiary/aromatic N) is 2. The number of hydrogen-bond acceptors (Lipinski definition) is 3. The van der Waals surface area contributed by atoms with Gasteiger partial charge in [-0.15, -0.1) is 0 Å². The highest BCUT2D eigenvalue weighted by atomic mass is 16.5. The van der Waals surface area contributed by atoms with E-state index >= 15 is 0 Å². The van der Waals surface area contributed by atoms with Crippen LogP contribution in [0.5, 0.6) is 5.75 Å². The third-order valence-corrected chi connectivity index (χ3v) is 2.56. The van der Waals surface area contributed by atoms with E-state index in [9.17, 15) is 0 Å². The van der Waals surface area contributed by atoms with Crippen LogP contribution in [0.2, 0.25) is 0 Å². The van der Waals surface area contributed by atoms with Crippen LogP contribution in [-0.4, -0.2) is 16.2 Å². The third kappa shape index (κ3) is 2.47. The Morgan fingerprint density at radius 2 is 2.00 bits per heavy atom. The van der Waals surface area contributed by atoms with Crippen LogP contribution in [-0.2, 0) is 13.6 Å². The van der Waals surface area contributed by atoms with Crippen molar-refractivity contribution < 1.29 is 4.74 Å². The van der Waals surface area contributed by atoms with Gasteiger partial charge in [-0.05, 0) is 31.2 Å². The Bertz CT molecular complexity index is 488. The van der Waals surface area contributed by atoms with E-state index in [-0.39, 0.29) is 0 Å². The van der Waals surface area contributed by atoms with Gasteiger partial charge >= 0.3 is 0 Å². The minimum atomic E-state index is 0.463. The molecule has 2 N–H and O–H groups in total. The zero-order valence-corrected chi connectivity index (χ0v) is 10.2. The average Bonchev–Trinajstić information content (AvgIpc) is 2.72. The summed E-state index contributed by atoms with van der Waals surface area (Å²) in [5.74, 6) is 1.80. The van der Waals surface area contributed by atoms with Gasteiger partial charge in [-0.1, -0.05) is 0 Å². The van der Waals surface area contributed by atoms with Crippen LogP contribution in [0.3, 0.4) is 0 Å². The molecule has 0 unspecified atom stereocenters. The van der Waals surface area contributed by atoms with Crippen molar-refractivity contribution >= 4 is 0 Å². The third-order valence-electron chi connectivity index (χ3n) is 2.56. The Morgan fingerprint density at radius 1 is 1.29 bits per heavy atom. The van der Waals surface area contributed by atoms with Crippen LogP contribution in [0.25, 0.3) is 11.4 Å². The van der Waals surface area contributed by atoms with Gasteiger partial charge in [0.25, 0.3) is 0 Å². The molecule has 4 heteroatoms. The minimum absolute atomic E-state index is 0.463. The van der Waals surface area contributed by atoms with Gasteiger partial charge in [0, 0.05) is 25.4 Å². The highest BCUT2D eigenvalue weighted by molar-refractivity contribution is 5.57. The molecule has 0 aliphatic rings. The Balaban J connectivity index is 2.29. The van der Waals surface area contributed by atoms with Gasteiger partial charge in [0.05, 0.1) is 12.3 Å². The molecule has 0 spiro atoms. The first kappa shape index (κ1) is 11.7. The highest BCUT2D eigenvalue weighted by Crippen LogP contribution is 2.21. The number of benzene rings is 1. The number of aromatic nitrogens is 2. The summed E-state index contributed by atoms with van der Waals surface area (Å²) in [6.45, 7) is 3.12. The van der Waals surface area contributed by atoms with E-state index < -0.39 is 0 Å². The molecule has 2 rings (SSSR count). The average molecular weight is 231 g/mol. The lowest BCUT2D eigenvalue weighted by atomic mass is 10.2. The maximum Gasteiger partial charge on any atom is 0.140 e. The molecule has 0 fully saturated rings. The normalized spacial score (nSPS) is 10.5. The molecule has 4 nitrogen and oxygen atoms in total. The van der Waals surface area contributed by atoms with E-state index in [0.29, 0.717) is 13.2 Å². The first-order chi connectivity index (χ1) is 8.24. The van der Waals surface area contributed by atoms with Crippen LogP contribution >= 0.6 is 0 Å². The van der Waals surface area contributed by atoms with E-state index in [1.54, 1.807) is 0 Å². The van der Waals surface area contributed by atoms with Crippen LogP contribution in [0.1, 0.15) is 12.6 Å². The fourth-order valence-electron chi connectivity index (χ4n) is 1.76. The molecule has 0 saturated carbocycles. The zero-order chi connectivity index (χ0) is 12.3. The second kappa shape index (κ2) is 5.01. The number of nitrogens with two attached hydrogens (primary N) is 1. The predicted molar refractivity (Wildman–Crippen MR) is 67.7 cm³/mol. The number of ether oxygens (including phenoxy) is 1. The second-order valence-electron chi connectivity index (χ2n) is 3.83. The SMILES string of the molecule is CCOc1ccc(-c2nc(CN)cn2C)cc1. The summed E-state index contributed by atoms with van der Waals surface area (Å²) in [5.41, 5.74) is 7.54. The smallest absolute Gasteiger partial charge is 0.140 e. The molecule has 90 valence electrons. The molecule has 17 heavy (non-hydrogen) atoms. The van der Waals surface area contributed by atoms with Crippen molar-refractivity contribution in [2.45, 2.75) is 13.5 Å². The standard InChI is InChI=1S/C13H17N3O/c1-3-17-12-6-4-10(5-7-12)13-15-11(8-14)9-16(13)2/h4-7,9H,3,8,14H2,1-2H3. The van der Waals surface area contributed by atoms with Crippen LogP contribution in [0, 0.1) is 0 Å². The first-order valence-electron chi connectivity index (χ1n) is 5.70. The molecule has 0 atom stereocenters. The molecular weight excluding hydrogens is 214 g/mol. The fourth-order valence-corrected chi connectivity index (χ4v) is 1.76. The molecule has 0 bridgehead atoms. The quantitative estimate of drug-likeness (QED) is 0.875. The summed E-state index contributed by atoms with van der Waals surface area (Å²) >= 11 is 0. The van der Waals surface area contributed by atoms with E-state index in [1.165, 1.54) is 0 Å². The number of rotatable bonds is 4. The van der Waals surface area contributed by atoms with E-state index in [2.05, 4.69) is 4.98 Å². The molecule has 1 aromatic carbocycles. The fraction of sp³-hybridized carbons (Fsp3) is 0.308. The lowest BCUT2D eigenvalue weighted by Gasteiger charge is -2.04. The highest BCUT2D eigenvalue weighted by Gasteiger charge is 2.06. The molecule has 1 aromatic heterocycles. The van der Waals surface area contributed by atoms with Crippen molar-refractivity contribution in [2.24, 2.45) is 12.8 Å². The molecule has 0 aliphatic heterocycles. The minimum Gasteiger partial charge on any atom is -0.494 e. The maximum absolute atomic E-state index is 5.58. The van der Waals surface area contributed by atoms with E-state index in [4.69, 9.17) is 10.5 Å². The van der Waals surface area contributed by atoms with E-state index in [0.717, 1.165) is 22.8 Å². The zero-order valence-electron chi connectivity index (χ0n) is 10.2. The van der Waals surface area contributed by atoms with Gasteiger partial charge in [-0.3, -0.25) is 0 Å². The molecule has 2 aromatic rings. The van der Waals surface area contributed by atoms with Gasteiger partial charge < -0.3 is 15.0 Å². The van der Waals surface area contributed by atoms with Gasteiger partial charge in [-0.2, -0.15) is 0 Å². The first-order valence-corrected chi connectivity index (χ1v) is 5.70. The largest absolute Gasteiger partial charge is 0.494 e. The maximum atomic E-state index is 5.58. The van der Waals surface area contributed by atoms with Crippen LogP contribution < -0.4 is 10.5 Å². The van der Waals surface area contributed by atoms with Crippen molar-refractivity contribution in [2.75, 3.05) is 6.61 Å². The monoisotopic (exact) mass is 231 g/mol. The topological polar surface area (TPSA) is 53.1 Å². The van der Waals surface area contributed by atoms with Gasteiger partial charge in [0.1, 0.15) is 11.6 Å². The lowest BCUT2D eigenvalue weighted by molar-refractivity contribution is 0.340. The summed E-state index contributed by atoms with van der Waals surface area (Å²) in [6, 6.07) is 7.92. The van der Waals surface area contributed by atoms with Crippen molar-refractivity contribution in [3.8, 4) is 17.1 Å². The molecular formula is C13H17N3O. The van der Waals surface area contributed by atoms with Crippen molar-refractivity contribution in [1.82, 2.24) is 9.55 Å². The van der Waals surface area contributed by atoms with Crippen molar-refractivity contribution in [3.63, 3.8) is 0 Å². The number of hydrogen-bond donors (Lipinski definition) is 1. The Hall–Kier alpha value is -1.81. The van der Waals surface area contributed by atoms with E-state index in [1.807, 2.05) is 49.0 Å². The summed E-state index contributed by atoms with van der Waals surface area (Å²) in [4.78, 5) is 4.47. The molecule has 0 radical (unpaired) electrons. The molecule has 0 amide bonds. The lowest BCUT2D eigenvalue weighted by Crippen LogP contribution is -1.95. The van der Waals surface area contributed by atoms with Crippen LogP contribution in [0.4, 0.5) is 0 Å². The second-order valence-corrected chi connectivity index (χ2v) is 3.83. The predicted octanol–water partition coefficient (Wildman–Crippen LogP) is 1.94. The Kier molecular flexibility index (Phi) is 3.44. The van der Waals surface area contributed by atoms with Gasteiger partial charge in [0.2, 0.25) is 0 Å². The van der Waals surface area contributed by atoms with Gasteiger partial charge in [-0.25, -0.2) is 4.98 Å². The summed E-state index contributed by atoms with van der Waals surface area (Å²) in [5, 5.41) is 0. The summed E-state index contributed by atoms with van der Waals surface area (Å²) in [7, 11) is 1.97. The molecule has 0 aliphatic carbocycles. The van der Waals surface area contributed by atoms with Crippen molar-refractivity contribution in [1.29, 1.82) is 0 Å². The van der Waals surface area contributed by atoms with Gasteiger partial charge in [0.15, 0.2) is 0 Å². The molecule has 1 heterocycles. The number of imidazole rings is 1. The number of aryl methyl sites for hydroxylation is 1. The Morgan fingerprint density at radius 3 is 2.53 bits per heavy atom. The molecule has 0 saturated heterocycles. The summed E-state index contributed by atoms with van der Waals surface area (Å²) in [6.07, 6.45) is 1.95.